The van der Waals surface area contributed by atoms with E-state index in [2.05, 4.69) is 6.07 Å². The number of rotatable bonds is 5. The van der Waals surface area contributed by atoms with E-state index in [0.29, 0.717) is 11.4 Å². The lowest BCUT2D eigenvalue weighted by Crippen LogP contribution is -2.50. The maximum Gasteiger partial charge on any atom is 0.260 e. The van der Waals surface area contributed by atoms with Crippen LogP contribution < -0.4 is 10.0 Å². The second-order valence-corrected chi connectivity index (χ2v) is 10.1. The monoisotopic (exact) mass is 455 g/mol. The molecule has 0 unspecified atom stereocenters. The summed E-state index contributed by atoms with van der Waals surface area (Å²) in [7, 11) is 0. The number of nitriles is 1. The number of carbonyl (C=O) groups is 2. The van der Waals surface area contributed by atoms with E-state index < -0.39 is 11.3 Å². The molecular formula is C29H33N3O2. The second-order valence-electron chi connectivity index (χ2n) is 10.1. The van der Waals surface area contributed by atoms with E-state index in [4.69, 9.17) is 0 Å². The summed E-state index contributed by atoms with van der Waals surface area (Å²) in [6.45, 7) is 0. The predicted molar refractivity (Wildman–Crippen MR) is 133 cm³/mol. The van der Waals surface area contributed by atoms with Gasteiger partial charge in [-0.2, -0.15) is 5.26 Å². The fraction of sp³-hybridized carbons (Fsp3) is 0.483. The van der Waals surface area contributed by atoms with Gasteiger partial charge in [0.1, 0.15) is 5.92 Å². The molecule has 1 heterocycles. The molecule has 3 aliphatic rings. The first-order valence-electron chi connectivity index (χ1n) is 12.9. The minimum Gasteiger partial charge on any atom is -0.272 e. The molecule has 176 valence electrons. The molecule has 0 radical (unpaired) electrons. The Kier molecular flexibility index (Phi) is 6.41. The third-order valence-electron chi connectivity index (χ3n) is 8.35. The molecule has 5 rings (SSSR count). The number of anilines is 2. The lowest BCUT2D eigenvalue weighted by Gasteiger charge is -2.46. The Morgan fingerprint density at radius 1 is 0.647 bits per heavy atom. The van der Waals surface area contributed by atoms with Crippen LogP contribution in [-0.2, 0) is 9.59 Å². The molecule has 5 heteroatoms. The average molecular weight is 456 g/mol. The van der Waals surface area contributed by atoms with Crippen LogP contribution in [-0.4, -0.2) is 11.8 Å². The third-order valence-corrected chi connectivity index (χ3v) is 8.35. The summed E-state index contributed by atoms with van der Waals surface area (Å²) >= 11 is 0. The van der Waals surface area contributed by atoms with Crippen LogP contribution in [0.1, 0.15) is 64.2 Å². The van der Waals surface area contributed by atoms with Crippen molar-refractivity contribution in [1.29, 1.82) is 5.26 Å². The minimum absolute atomic E-state index is 0.0839. The smallest absolute Gasteiger partial charge is 0.260 e. The van der Waals surface area contributed by atoms with Gasteiger partial charge >= 0.3 is 0 Å². The van der Waals surface area contributed by atoms with E-state index >= 15 is 0 Å². The van der Waals surface area contributed by atoms with Crippen molar-refractivity contribution >= 4 is 23.2 Å². The van der Waals surface area contributed by atoms with Crippen LogP contribution in [0.3, 0.4) is 0 Å². The Labute approximate surface area is 202 Å². The molecule has 2 aromatic rings. The molecule has 0 atom stereocenters. The van der Waals surface area contributed by atoms with Gasteiger partial charge in [0.2, 0.25) is 0 Å². The Morgan fingerprint density at radius 2 is 1.03 bits per heavy atom. The van der Waals surface area contributed by atoms with Gasteiger partial charge in [0.25, 0.3) is 11.8 Å². The normalized spacial score (nSPS) is 21.1. The largest absolute Gasteiger partial charge is 0.272 e. The molecule has 2 aliphatic carbocycles. The van der Waals surface area contributed by atoms with Gasteiger partial charge in [-0.15, -0.1) is 0 Å². The van der Waals surface area contributed by atoms with E-state index in [-0.39, 0.29) is 23.7 Å². The SMILES string of the molecule is N#CC(C1CCCCC1)(C1CCCCC1)C1C(=O)N(c2ccccc2)N(c2ccccc2)C1=O. The van der Waals surface area contributed by atoms with Crippen LogP contribution in [0.25, 0.3) is 0 Å². The van der Waals surface area contributed by atoms with Gasteiger partial charge in [0.05, 0.1) is 22.9 Å². The standard InChI is InChI=1S/C29H33N3O2/c30-21-29(22-13-5-1-6-14-22,23-15-7-2-8-16-23)26-27(33)31(24-17-9-3-10-18-24)32(28(26)34)25-19-11-4-12-20-25/h3-4,9-12,17-20,22-23,26H,1-2,5-8,13-16H2. The summed E-state index contributed by atoms with van der Waals surface area (Å²) in [6, 6.07) is 21.5. The molecule has 34 heavy (non-hydrogen) atoms. The van der Waals surface area contributed by atoms with Crippen molar-refractivity contribution in [1.82, 2.24) is 0 Å². The van der Waals surface area contributed by atoms with Gasteiger partial charge in [-0.1, -0.05) is 74.9 Å². The first-order chi connectivity index (χ1) is 16.7. The van der Waals surface area contributed by atoms with Crippen LogP contribution >= 0.6 is 0 Å². The quantitative estimate of drug-likeness (QED) is 0.499. The van der Waals surface area contributed by atoms with Crippen molar-refractivity contribution in [2.24, 2.45) is 23.2 Å². The fourth-order valence-corrected chi connectivity index (χ4v) is 6.79. The fourth-order valence-electron chi connectivity index (χ4n) is 6.79. The van der Waals surface area contributed by atoms with Gasteiger partial charge in [-0.3, -0.25) is 9.59 Å². The third kappa shape index (κ3) is 3.70. The van der Waals surface area contributed by atoms with E-state index in [1.807, 2.05) is 60.7 Å². The molecule has 2 amide bonds. The van der Waals surface area contributed by atoms with Gasteiger partial charge in [0.15, 0.2) is 0 Å². The molecule has 3 fully saturated rings. The van der Waals surface area contributed by atoms with Crippen molar-refractivity contribution in [3.8, 4) is 6.07 Å². The van der Waals surface area contributed by atoms with Gasteiger partial charge in [-0.25, -0.2) is 10.0 Å². The Bertz CT molecular complexity index is 974. The van der Waals surface area contributed by atoms with E-state index in [9.17, 15) is 14.9 Å². The topological polar surface area (TPSA) is 64.4 Å². The summed E-state index contributed by atoms with van der Waals surface area (Å²) in [5, 5.41) is 14.0. The molecule has 0 N–H and O–H groups in total. The molecule has 0 aromatic heterocycles. The maximum atomic E-state index is 14.3. The van der Waals surface area contributed by atoms with Gasteiger partial charge in [0, 0.05) is 0 Å². The van der Waals surface area contributed by atoms with E-state index in [0.717, 1.165) is 51.4 Å². The number of benzene rings is 2. The highest BCUT2D eigenvalue weighted by molar-refractivity contribution is 6.23. The van der Waals surface area contributed by atoms with Crippen LogP contribution in [0, 0.1) is 34.5 Å². The molecule has 0 spiro atoms. The molecular weight excluding hydrogens is 422 g/mol. The van der Waals surface area contributed by atoms with Crippen molar-refractivity contribution in [3.05, 3.63) is 60.7 Å². The highest BCUT2D eigenvalue weighted by Gasteiger charge is 2.63. The number of carbonyl (C=O) groups excluding carboxylic acids is 2. The molecule has 2 saturated carbocycles. The Hall–Kier alpha value is -3.13. The highest BCUT2D eigenvalue weighted by atomic mass is 16.2. The predicted octanol–water partition coefficient (Wildman–Crippen LogP) is 6.27. The van der Waals surface area contributed by atoms with Crippen LogP contribution in [0.15, 0.2) is 60.7 Å². The average Bonchev–Trinajstić information content (AvgIpc) is 3.17. The van der Waals surface area contributed by atoms with Crippen molar-refractivity contribution in [3.63, 3.8) is 0 Å². The number of hydrogen-bond acceptors (Lipinski definition) is 3. The maximum absolute atomic E-state index is 14.3. The lowest BCUT2D eigenvalue weighted by atomic mass is 9.54. The Morgan fingerprint density at radius 3 is 1.38 bits per heavy atom. The molecule has 0 bridgehead atoms. The van der Waals surface area contributed by atoms with E-state index in [1.165, 1.54) is 22.9 Å². The van der Waals surface area contributed by atoms with Crippen molar-refractivity contribution < 1.29 is 9.59 Å². The Balaban J connectivity index is 1.66. The number of hydrazine groups is 1. The first kappa shape index (κ1) is 22.7. The van der Waals surface area contributed by atoms with Crippen molar-refractivity contribution in [2.45, 2.75) is 64.2 Å². The number of nitrogens with zero attached hydrogens (tertiary/aromatic N) is 3. The molecule has 5 nitrogen and oxygen atoms in total. The van der Waals surface area contributed by atoms with Crippen LogP contribution in [0.4, 0.5) is 11.4 Å². The number of hydrogen-bond donors (Lipinski definition) is 0. The number of amides is 2. The summed E-state index contributed by atoms with van der Waals surface area (Å²) < 4.78 is 0. The number of para-hydroxylation sites is 2. The molecule has 1 aliphatic heterocycles. The van der Waals surface area contributed by atoms with Crippen LogP contribution in [0.5, 0.6) is 0 Å². The molecule has 2 aromatic carbocycles. The summed E-state index contributed by atoms with van der Waals surface area (Å²) in [5.74, 6) is -1.30. The first-order valence-corrected chi connectivity index (χ1v) is 12.9. The second kappa shape index (κ2) is 9.62. The summed E-state index contributed by atoms with van der Waals surface area (Å²) in [4.78, 5) is 28.6. The zero-order chi connectivity index (χ0) is 23.5. The summed E-state index contributed by atoms with van der Waals surface area (Å²) in [6.07, 6.45) is 10.3. The van der Waals surface area contributed by atoms with Gasteiger partial charge < -0.3 is 0 Å². The minimum atomic E-state index is -0.968. The zero-order valence-corrected chi connectivity index (χ0v) is 19.7. The van der Waals surface area contributed by atoms with E-state index in [1.54, 1.807) is 0 Å². The molecule has 1 saturated heterocycles. The lowest BCUT2D eigenvalue weighted by molar-refractivity contribution is -0.136. The highest BCUT2D eigenvalue weighted by Crippen LogP contribution is 2.55. The van der Waals surface area contributed by atoms with Crippen molar-refractivity contribution in [2.75, 3.05) is 10.0 Å². The summed E-state index contributed by atoms with van der Waals surface area (Å²) in [5.41, 5.74) is 0.364. The zero-order valence-electron chi connectivity index (χ0n) is 19.7. The van der Waals surface area contributed by atoms with Crippen LogP contribution in [0.2, 0.25) is 0 Å². The van der Waals surface area contributed by atoms with Gasteiger partial charge in [-0.05, 0) is 61.8 Å².